The minimum absolute atomic E-state index is 0.283. The van der Waals surface area contributed by atoms with Crippen LogP contribution >= 0.6 is 11.6 Å². The average molecular weight is 252 g/mol. The second kappa shape index (κ2) is 4.59. The molecule has 0 amide bonds. The maximum absolute atomic E-state index is 12.8. The zero-order valence-corrected chi connectivity index (χ0v) is 9.95. The van der Waals surface area contributed by atoms with Crippen LogP contribution in [0.4, 0.5) is 21.6 Å². The van der Waals surface area contributed by atoms with Crippen molar-refractivity contribution in [2.45, 2.75) is 0 Å². The summed E-state index contributed by atoms with van der Waals surface area (Å²) in [5.41, 5.74) is 7.12. The standard InChI is InChI=1S/C12H11ClFN3/c1-17(9-4-2-8(14)3-5-9)12-10(15)6-7-11(13)16-12/h2-7H,15H2,1H3. The van der Waals surface area contributed by atoms with Crippen LogP contribution in [0.25, 0.3) is 0 Å². The molecule has 0 radical (unpaired) electrons. The number of nitrogen functional groups attached to an aromatic ring is 1. The minimum atomic E-state index is -0.283. The lowest BCUT2D eigenvalue weighted by atomic mass is 10.2. The van der Waals surface area contributed by atoms with Crippen LogP contribution in [0.5, 0.6) is 0 Å². The molecule has 2 rings (SSSR count). The molecule has 0 unspecified atom stereocenters. The summed E-state index contributed by atoms with van der Waals surface area (Å²) in [5.74, 6) is 0.262. The van der Waals surface area contributed by atoms with Crippen LogP contribution in [0.3, 0.4) is 0 Å². The van der Waals surface area contributed by atoms with Crippen LogP contribution in [0.2, 0.25) is 5.15 Å². The van der Waals surface area contributed by atoms with Gasteiger partial charge in [0.2, 0.25) is 0 Å². The van der Waals surface area contributed by atoms with Gasteiger partial charge in [0.25, 0.3) is 0 Å². The molecule has 2 aromatic rings. The van der Waals surface area contributed by atoms with Crippen LogP contribution in [0.1, 0.15) is 0 Å². The fraction of sp³-hybridized carbons (Fsp3) is 0.0833. The molecule has 0 fully saturated rings. The smallest absolute Gasteiger partial charge is 0.157 e. The van der Waals surface area contributed by atoms with E-state index in [1.165, 1.54) is 12.1 Å². The number of rotatable bonds is 2. The highest BCUT2D eigenvalue weighted by molar-refractivity contribution is 6.29. The summed E-state index contributed by atoms with van der Waals surface area (Å²) >= 11 is 5.82. The average Bonchev–Trinajstić information content (AvgIpc) is 2.32. The van der Waals surface area contributed by atoms with E-state index in [-0.39, 0.29) is 5.82 Å². The predicted octanol–water partition coefficient (Wildman–Crippen LogP) is 3.22. The molecule has 0 atom stereocenters. The zero-order chi connectivity index (χ0) is 12.4. The van der Waals surface area contributed by atoms with E-state index < -0.39 is 0 Å². The lowest BCUT2D eigenvalue weighted by molar-refractivity contribution is 0.628. The number of anilines is 3. The Hall–Kier alpha value is -1.81. The van der Waals surface area contributed by atoms with Gasteiger partial charge in [0.05, 0.1) is 5.69 Å². The number of benzene rings is 1. The second-order valence-corrected chi connectivity index (χ2v) is 3.97. The Kier molecular flexibility index (Phi) is 3.15. The molecule has 17 heavy (non-hydrogen) atoms. The molecule has 0 bridgehead atoms. The summed E-state index contributed by atoms with van der Waals surface area (Å²) in [7, 11) is 1.79. The molecule has 0 saturated carbocycles. The van der Waals surface area contributed by atoms with E-state index in [9.17, 15) is 4.39 Å². The summed E-state index contributed by atoms with van der Waals surface area (Å²) < 4.78 is 12.8. The molecule has 3 nitrogen and oxygen atoms in total. The molecule has 0 saturated heterocycles. The molecule has 1 aromatic heterocycles. The molecular weight excluding hydrogens is 241 g/mol. The zero-order valence-electron chi connectivity index (χ0n) is 9.19. The van der Waals surface area contributed by atoms with Crippen molar-refractivity contribution in [2.24, 2.45) is 0 Å². The number of halogens is 2. The fourth-order valence-electron chi connectivity index (χ4n) is 1.49. The Labute approximate surface area is 104 Å². The topological polar surface area (TPSA) is 42.2 Å². The number of hydrogen-bond acceptors (Lipinski definition) is 3. The largest absolute Gasteiger partial charge is 0.396 e. The first-order valence-corrected chi connectivity index (χ1v) is 5.37. The number of aromatic nitrogens is 1. The number of nitrogens with zero attached hydrogens (tertiary/aromatic N) is 2. The second-order valence-electron chi connectivity index (χ2n) is 3.58. The van der Waals surface area contributed by atoms with Crippen molar-refractivity contribution in [3.63, 3.8) is 0 Å². The number of pyridine rings is 1. The Balaban J connectivity index is 2.39. The quantitative estimate of drug-likeness (QED) is 0.834. The molecule has 1 heterocycles. The molecule has 5 heteroatoms. The molecule has 2 N–H and O–H groups in total. The summed E-state index contributed by atoms with van der Waals surface area (Å²) in [6, 6.07) is 9.37. The van der Waals surface area contributed by atoms with Crippen LogP contribution in [0, 0.1) is 5.82 Å². The van der Waals surface area contributed by atoms with Crippen molar-refractivity contribution in [1.82, 2.24) is 4.98 Å². The monoisotopic (exact) mass is 251 g/mol. The first kappa shape index (κ1) is 11.7. The summed E-state index contributed by atoms with van der Waals surface area (Å²) in [6.45, 7) is 0. The Morgan fingerprint density at radius 2 is 1.82 bits per heavy atom. The SMILES string of the molecule is CN(c1ccc(F)cc1)c1nc(Cl)ccc1N. The van der Waals surface area contributed by atoms with Gasteiger partial charge in [0.1, 0.15) is 11.0 Å². The summed E-state index contributed by atoms with van der Waals surface area (Å²) in [5, 5.41) is 0.364. The van der Waals surface area contributed by atoms with Crippen molar-refractivity contribution in [2.75, 3.05) is 17.7 Å². The highest BCUT2D eigenvalue weighted by Crippen LogP contribution is 2.28. The van der Waals surface area contributed by atoms with Crippen molar-refractivity contribution >= 4 is 28.8 Å². The molecule has 1 aromatic carbocycles. The summed E-state index contributed by atoms with van der Waals surface area (Å²) in [4.78, 5) is 5.89. The maximum atomic E-state index is 12.8. The van der Waals surface area contributed by atoms with E-state index >= 15 is 0 Å². The number of nitrogens with two attached hydrogens (primary N) is 1. The normalized spacial score (nSPS) is 10.3. The van der Waals surface area contributed by atoms with Crippen molar-refractivity contribution < 1.29 is 4.39 Å². The van der Waals surface area contributed by atoms with Crippen molar-refractivity contribution in [3.05, 3.63) is 47.4 Å². The van der Waals surface area contributed by atoms with Gasteiger partial charge >= 0.3 is 0 Å². The van der Waals surface area contributed by atoms with Gasteiger partial charge in [-0.3, -0.25) is 0 Å². The van der Waals surface area contributed by atoms with Gasteiger partial charge in [0.15, 0.2) is 5.82 Å². The van der Waals surface area contributed by atoms with E-state index in [0.29, 0.717) is 16.7 Å². The maximum Gasteiger partial charge on any atom is 0.157 e. The summed E-state index contributed by atoms with van der Waals surface area (Å²) in [6.07, 6.45) is 0. The van der Waals surface area contributed by atoms with Crippen molar-refractivity contribution in [3.8, 4) is 0 Å². The van der Waals surface area contributed by atoms with E-state index in [2.05, 4.69) is 4.98 Å². The van der Waals surface area contributed by atoms with Gasteiger partial charge in [0, 0.05) is 12.7 Å². The lowest BCUT2D eigenvalue weighted by Crippen LogP contribution is -2.13. The first-order chi connectivity index (χ1) is 8.08. The third kappa shape index (κ3) is 2.47. The highest BCUT2D eigenvalue weighted by Gasteiger charge is 2.09. The van der Waals surface area contributed by atoms with E-state index in [1.807, 2.05) is 0 Å². The van der Waals surface area contributed by atoms with Crippen LogP contribution in [-0.4, -0.2) is 12.0 Å². The molecule has 0 aliphatic rings. The number of hydrogen-bond donors (Lipinski definition) is 1. The third-order valence-corrected chi connectivity index (χ3v) is 2.61. The predicted molar refractivity (Wildman–Crippen MR) is 68.1 cm³/mol. The van der Waals surface area contributed by atoms with Crippen LogP contribution in [-0.2, 0) is 0 Å². The third-order valence-electron chi connectivity index (χ3n) is 2.40. The van der Waals surface area contributed by atoms with Gasteiger partial charge in [-0.25, -0.2) is 9.37 Å². The molecular formula is C12H11ClFN3. The van der Waals surface area contributed by atoms with Crippen LogP contribution < -0.4 is 10.6 Å². The first-order valence-electron chi connectivity index (χ1n) is 4.99. The Bertz CT molecular complexity index is 528. The fourth-order valence-corrected chi connectivity index (χ4v) is 1.63. The molecule has 0 spiro atoms. The van der Waals surface area contributed by atoms with Gasteiger partial charge in [-0.15, -0.1) is 0 Å². The van der Waals surface area contributed by atoms with Gasteiger partial charge in [-0.1, -0.05) is 11.6 Å². The van der Waals surface area contributed by atoms with Gasteiger partial charge in [-0.05, 0) is 36.4 Å². The van der Waals surface area contributed by atoms with E-state index in [0.717, 1.165) is 5.69 Å². The van der Waals surface area contributed by atoms with Gasteiger partial charge in [-0.2, -0.15) is 0 Å². The molecule has 88 valence electrons. The minimum Gasteiger partial charge on any atom is -0.396 e. The van der Waals surface area contributed by atoms with E-state index in [1.54, 1.807) is 36.2 Å². The highest BCUT2D eigenvalue weighted by atomic mass is 35.5. The van der Waals surface area contributed by atoms with E-state index in [4.69, 9.17) is 17.3 Å². The lowest BCUT2D eigenvalue weighted by Gasteiger charge is -2.20. The van der Waals surface area contributed by atoms with Crippen LogP contribution in [0.15, 0.2) is 36.4 Å². The molecule has 0 aliphatic heterocycles. The Morgan fingerprint density at radius 3 is 2.47 bits per heavy atom. The molecule has 0 aliphatic carbocycles. The van der Waals surface area contributed by atoms with Crippen molar-refractivity contribution in [1.29, 1.82) is 0 Å². The van der Waals surface area contributed by atoms with Gasteiger partial charge < -0.3 is 10.6 Å². The Morgan fingerprint density at radius 1 is 1.18 bits per heavy atom.